The van der Waals surface area contributed by atoms with E-state index in [9.17, 15) is 9.59 Å². The van der Waals surface area contributed by atoms with Crippen molar-refractivity contribution in [2.45, 2.75) is 34.3 Å². The van der Waals surface area contributed by atoms with Crippen LogP contribution in [0, 0.1) is 20.8 Å². The number of nitrogens with one attached hydrogen (secondary N) is 1. The van der Waals surface area contributed by atoms with Crippen LogP contribution >= 0.6 is 0 Å². The van der Waals surface area contributed by atoms with Gasteiger partial charge in [0.15, 0.2) is 0 Å². The third-order valence-electron chi connectivity index (χ3n) is 5.54. The summed E-state index contributed by atoms with van der Waals surface area (Å²) in [7, 11) is 0. The molecule has 0 spiro atoms. The number of amides is 1. The van der Waals surface area contributed by atoms with E-state index >= 15 is 0 Å². The summed E-state index contributed by atoms with van der Waals surface area (Å²) in [5, 5.41) is 11.2. The summed E-state index contributed by atoms with van der Waals surface area (Å²) in [5.41, 5.74) is 4.30. The number of carbonyl (C=O) groups is 2. The maximum atomic E-state index is 13.1. The van der Waals surface area contributed by atoms with Gasteiger partial charge >= 0.3 is 5.97 Å². The average Bonchev–Trinajstić information content (AvgIpc) is 3.39. The van der Waals surface area contributed by atoms with Gasteiger partial charge in [0.25, 0.3) is 5.91 Å². The smallest absolute Gasteiger partial charge is 0.341 e. The minimum absolute atomic E-state index is 0.238. The van der Waals surface area contributed by atoms with Gasteiger partial charge in [-0.15, -0.1) is 0 Å². The van der Waals surface area contributed by atoms with Gasteiger partial charge in [-0.25, -0.2) is 9.48 Å². The van der Waals surface area contributed by atoms with E-state index in [1.54, 1.807) is 54.9 Å². The van der Waals surface area contributed by atoms with E-state index in [4.69, 9.17) is 14.0 Å². The van der Waals surface area contributed by atoms with Gasteiger partial charge in [-0.3, -0.25) is 4.79 Å². The Labute approximate surface area is 202 Å². The summed E-state index contributed by atoms with van der Waals surface area (Å²) in [6.07, 6.45) is 1.48. The zero-order valence-corrected chi connectivity index (χ0v) is 20.0. The largest absolute Gasteiger partial charge is 0.488 e. The van der Waals surface area contributed by atoms with Gasteiger partial charge < -0.3 is 19.3 Å². The van der Waals surface area contributed by atoms with Gasteiger partial charge in [0.1, 0.15) is 23.7 Å². The van der Waals surface area contributed by atoms with Gasteiger partial charge in [0.05, 0.1) is 41.0 Å². The lowest BCUT2D eigenvalue weighted by molar-refractivity contribution is 0.0525. The highest BCUT2D eigenvalue weighted by atomic mass is 16.5. The van der Waals surface area contributed by atoms with Gasteiger partial charge in [0.2, 0.25) is 0 Å². The minimum atomic E-state index is -0.422. The molecule has 9 nitrogen and oxygen atoms in total. The summed E-state index contributed by atoms with van der Waals surface area (Å²) in [6, 6.07) is 14.2. The third-order valence-corrected chi connectivity index (χ3v) is 5.54. The van der Waals surface area contributed by atoms with Crippen LogP contribution in [0.1, 0.15) is 50.4 Å². The fourth-order valence-electron chi connectivity index (χ4n) is 3.63. The molecular formula is C26H26N4O5. The highest BCUT2D eigenvalue weighted by molar-refractivity contribution is 6.06. The molecule has 4 aromatic rings. The van der Waals surface area contributed by atoms with Crippen molar-refractivity contribution < 1.29 is 23.6 Å². The van der Waals surface area contributed by atoms with Crippen molar-refractivity contribution in [3.05, 3.63) is 88.6 Å². The van der Waals surface area contributed by atoms with Crippen molar-refractivity contribution in [1.29, 1.82) is 0 Å². The third kappa shape index (κ3) is 5.08. The lowest BCUT2D eigenvalue weighted by Crippen LogP contribution is -2.14. The molecule has 1 N–H and O–H groups in total. The molecule has 0 saturated carbocycles. The fraction of sp³-hybridized carbons (Fsp3) is 0.231. The Hall–Kier alpha value is -4.40. The summed E-state index contributed by atoms with van der Waals surface area (Å²) in [4.78, 5) is 25.2. The van der Waals surface area contributed by atoms with Crippen LogP contribution in [0.15, 0.2) is 59.3 Å². The topological polar surface area (TPSA) is 108 Å². The van der Waals surface area contributed by atoms with Crippen molar-refractivity contribution in [2.24, 2.45) is 0 Å². The van der Waals surface area contributed by atoms with Gasteiger partial charge in [-0.1, -0.05) is 23.4 Å². The second kappa shape index (κ2) is 10.3. The quantitative estimate of drug-likeness (QED) is 0.366. The van der Waals surface area contributed by atoms with Crippen molar-refractivity contribution >= 4 is 17.6 Å². The van der Waals surface area contributed by atoms with Crippen molar-refractivity contribution in [3.63, 3.8) is 0 Å². The van der Waals surface area contributed by atoms with Crippen LogP contribution in [0.5, 0.6) is 5.75 Å². The Kier molecular flexibility index (Phi) is 6.96. The zero-order chi connectivity index (χ0) is 24.9. The Morgan fingerprint density at radius 1 is 1.06 bits per heavy atom. The van der Waals surface area contributed by atoms with Crippen molar-refractivity contribution in [1.82, 2.24) is 14.9 Å². The number of benzene rings is 2. The molecule has 2 heterocycles. The molecule has 35 heavy (non-hydrogen) atoms. The normalized spacial score (nSPS) is 10.7. The van der Waals surface area contributed by atoms with Crippen LogP contribution in [0.3, 0.4) is 0 Å². The summed E-state index contributed by atoms with van der Waals surface area (Å²) in [5.74, 6) is 0.388. The maximum Gasteiger partial charge on any atom is 0.341 e. The SMILES string of the molecule is CCOC(=O)c1cnn(-c2cccc(NC(=O)c3ccccc3OCc3c(C)noc3C)c2)c1C. The van der Waals surface area contributed by atoms with Crippen LogP contribution in [-0.4, -0.2) is 33.4 Å². The molecule has 2 aromatic heterocycles. The average molecular weight is 475 g/mol. The summed E-state index contributed by atoms with van der Waals surface area (Å²) >= 11 is 0. The molecule has 0 saturated heterocycles. The van der Waals surface area contributed by atoms with Crippen LogP contribution in [0.2, 0.25) is 0 Å². The number of para-hydroxylation sites is 1. The van der Waals surface area contributed by atoms with Crippen LogP contribution in [0.4, 0.5) is 5.69 Å². The lowest BCUT2D eigenvalue weighted by atomic mass is 10.1. The number of esters is 1. The molecule has 1 amide bonds. The Bertz CT molecular complexity index is 1350. The molecule has 0 aliphatic carbocycles. The van der Waals surface area contributed by atoms with E-state index in [1.807, 2.05) is 26.0 Å². The van der Waals surface area contributed by atoms with Gasteiger partial charge in [0, 0.05) is 5.69 Å². The molecule has 0 unspecified atom stereocenters. The highest BCUT2D eigenvalue weighted by Gasteiger charge is 2.18. The number of ether oxygens (including phenoxy) is 2. The lowest BCUT2D eigenvalue weighted by Gasteiger charge is -2.13. The molecule has 2 aromatic carbocycles. The molecule has 0 radical (unpaired) electrons. The Morgan fingerprint density at radius 3 is 2.60 bits per heavy atom. The number of nitrogens with zero attached hydrogens (tertiary/aromatic N) is 3. The van der Waals surface area contributed by atoms with E-state index in [-0.39, 0.29) is 19.1 Å². The van der Waals surface area contributed by atoms with Crippen LogP contribution < -0.4 is 10.1 Å². The zero-order valence-electron chi connectivity index (χ0n) is 20.0. The van der Waals surface area contributed by atoms with E-state index < -0.39 is 5.97 Å². The predicted octanol–water partition coefficient (Wildman–Crippen LogP) is 4.79. The first kappa shape index (κ1) is 23.7. The molecular weight excluding hydrogens is 448 g/mol. The molecule has 0 atom stereocenters. The second-order valence-electron chi connectivity index (χ2n) is 7.87. The molecule has 0 fully saturated rings. The predicted molar refractivity (Wildman–Crippen MR) is 129 cm³/mol. The number of rotatable bonds is 8. The number of aromatic nitrogens is 3. The molecule has 180 valence electrons. The summed E-state index contributed by atoms with van der Waals surface area (Å²) < 4.78 is 17.8. The van der Waals surface area contributed by atoms with Crippen LogP contribution in [0.25, 0.3) is 5.69 Å². The molecule has 9 heteroatoms. The molecule has 0 aliphatic rings. The molecule has 4 rings (SSSR count). The molecule has 0 bridgehead atoms. The fourth-order valence-corrected chi connectivity index (χ4v) is 3.63. The van der Waals surface area contributed by atoms with E-state index in [2.05, 4.69) is 15.6 Å². The van der Waals surface area contributed by atoms with Crippen LogP contribution in [-0.2, 0) is 11.3 Å². The van der Waals surface area contributed by atoms with E-state index in [0.717, 1.165) is 11.3 Å². The Morgan fingerprint density at radius 2 is 1.86 bits per heavy atom. The number of hydrogen-bond donors (Lipinski definition) is 1. The number of hydrogen-bond acceptors (Lipinski definition) is 7. The highest BCUT2D eigenvalue weighted by Crippen LogP contribution is 2.24. The Balaban J connectivity index is 1.52. The monoisotopic (exact) mass is 474 g/mol. The van der Waals surface area contributed by atoms with Gasteiger partial charge in [-0.05, 0) is 58.0 Å². The number of anilines is 1. The second-order valence-corrected chi connectivity index (χ2v) is 7.87. The van der Waals surface area contributed by atoms with Crippen molar-refractivity contribution in [3.8, 4) is 11.4 Å². The minimum Gasteiger partial charge on any atom is -0.488 e. The first-order valence-electron chi connectivity index (χ1n) is 11.2. The maximum absolute atomic E-state index is 13.1. The van der Waals surface area contributed by atoms with Crippen molar-refractivity contribution in [2.75, 3.05) is 11.9 Å². The molecule has 0 aliphatic heterocycles. The van der Waals surface area contributed by atoms with E-state index in [0.29, 0.717) is 39.7 Å². The van der Waals surface area contributed by atoms with Gasteiger partial charge in [-0.2, -0.15) is 5.10 Å². The van der Waals surface area contributed by atoms with E-state index in [1.165, 1.54) is 6.20 Å². The first-order valence-corrected chi connectivity index (χ1v) is 11.2. The standard InChI is InChI=1S/C26H26N4O5/c1-5-33-26(32)22-14-27-30(17(22)3)20-10-8-9-19(13-20)28-25(31)21-11-6-7-12-24(21)34-15-23-16(2)29-35-18(23)4/h6-14H,5,15H2,1-4H3,(H,28,31). The number of carbonyl (C=O) groups excluding carboxylic acids is 2. The number of aryl methyl sites for hydroxylation is 2. The first-order chi connectivity index (χ1) is 16.9. The summed E-state index contributed by atoms with van der Waals surface area (Å²) in [6.45, 7) is 7.73.